The third kappa shape index (κ3) is 3.01. The van der Waals surface area contributed by atoms with Crippen LogP contribution < -0.4 is 5.32 Å². The first-order valence-electron chi connectivity index (χ1n) is 6.40. The van der Waals surface area contributed by atoms with Crippen molar-refractivity contribution in [1.82, 2.24) is 4.90 Å². The molecule has 1 aromatic rings. The number of hydrogen-bond donors (Lipinski definition) is 2. The number of urea groups is 1. The lowest BCUT2D eigenvalue weighted by molar-refractivity contribution is 0.176. The maximum Gasteiger partial charge on any atom is 0.321 e. The standard InChI is InChI=1S/C14H20N2O2/c1-10(2)11-3-5-12(6-4-11)15-14(18)16-8-7-13(17)9-16/h3-6,10,13,17H,7-9H2,1-2H3,(H,15,18)/t13-/m1/s1. The van der Waals surface area contributed by atoms with E-state index in [1.54, 1.807) is 4.90 Å². The molecule has 4 nitrogen and oxygen atoms in total. The Kier molecular flexibility index (Phi) is 3.87. The topological polar surface area (TPSA) is 52.6 Å². The van der Waals surface area contributed by atoms with Crippen LogP contribution >= 0.6 is 0 Å². The fraction of sp³-hybridized carbons (Fsp3) is 0.500. The summed E-state index contributed by atoms with van der Waals surface area (Å²) in [5.41, 5.74) is 2.05. The number of rotatable bonds is 2. The van der Waals surface area contributed by atoms with E-state index in [9.17, 15) is 9.90 Å². The molecular formula is C14H20N2O2. The van der Waals surface area contributed by atoms with Crippen molar-refractivity contribution in [3.05, 3.63) is 29.8 Å². The lowest BCUT2D eigenvalue weighted by atomic mass is 10.0. The molecule has 1 aliphatic rings. The fourth-order valence-corrected chi connectivity index (χ4v) is 2.08. The third-order valence-electron chi connectivity index (χ3n) is 3.28. The van der Waals surface area contributed by atoms with Gasteiger partial charge in [0, 0.05) is 18.8 Å². The van der Waals surface area contributed by atoms with E-state index in [4.69, 9.17) is 0 Å². The first-order valence-corrected chi connectivity index (χ1v) is 6.40. The molecule has 2 N–H and O–H groups in total. The molecule has 0 saturated carbocycles. The van der Waals surface area contributed by atoms with Gasteiger partial charge in [0.2, 0.25) is 0 Å². The van der Waals surface area contributed by atoms with Crippen LogP contribution in [0.25, 0.3) is 0 Å². The van der Waals surface area contributed by atoms with Gasteiger partial charge in [0.25, 0.3) is 0 Å². The Morgan fingerprint density at radius 1 is 1.39 bits per heavy atom. The van der Waals surface area contributed by atoms with Crippen LogP contribution in [-0.2, 0) is 0 Å². The van der Waals surface area contributed by atoms with Crippen molar-refractivity contribution in [2.75, 3.05) is 18.4 Å². The minimum absolute atomic E-state index is 0.135. The van der Waals surface area contributed by atoms with Crippen molar-refractivity contribution in [3.63, 3.8) is 0 Å². The van der Waals surface area contributed by atoms with E-state index in [-0.39, 0.29) is 12.1 Å². The third-order valence-corrected chi connectivity index (χ3v) is 3.28. The van der Waals surface area contributed by atoms with Crippen molar-refractivity contribution in [2.24, 2.45) is 0 Å². The van der Waals surface area contributed by atoms with Crippen molar-refractivity contribution >= 4 is 11.7 Å². The molecule has 4 heteroatoms. The average molecular weight is 248 g/mol. The Labute approximate surface area is 108 Å². The van der Waals surface area contributed by atoms with E-state index in [0.29, 0.717) is 25.4 Å². The van der Waals surface area contributed by atoms with Crippen LogP contribution in [0.3, 0.4) is 0 Å². The molecule has 1 aromatic carbocycles. The summed E-state index contributed by atoms with van der Waals surface area (Å²) in [6.07, 6.45) is 0.291. The molecule has 2 amide bonds. The summed E-state index contributed by atoms with van der Waals surface area (Å²) in [7, 11) is 0. The molecule has 98 valence electrons. The summed E-state index contributed by atoms with van der Waals surface area (Å²) >= 11 is 0. The summed E-state index contributed by atoms with van der Waals surface area (Å²) < 4.78 is 0. The number of aliphatic hydroxyl groups excluding tert-OH is 1. The van der Waals surface area contributed by atoms with Crippen molar-refractivity contribution in [1.29, 1.82) is 0 Å². The molecule has 0 aliphatic carbocycles. The monoisotopic (exact) mass is 248 g/mol. The van der Waals surface area contributed by atoms with Crippen molar-refractivity contribution in [3.8, 4) is 0 Å². The predicted octanol–water partition coefficient (Wildman–Crippen LogP) is 2.41. The molecule has 0 unspecified atom stereocenters. The zero-order valence-corrected chi connectivity index (χ0v) is 10.9. The number of nitrogens with one attached hydrogen (secondary N) is 1. The zero-order valence-electron chi connectivity index (χ0n) is 10.9. The van der Waals surface area contributed by atoms with E-state index in [1.165, 1.54) is 5.56 Å². The minimum Gasteiger partial charge on any atom is -0.391 e. The number of amides is 2. The molecule has 0 bridgehead atoms. The van der Waals surface area contributed by atoms with Gasteiger partial charge in [-0.1, -0.05) is 26.0 Å². The second-order valence-electron chi connectivity index (χ2n) is 5.10. The molecule has 1 aliphatic heterocycles. The maximum absolute atomic E-state index is 11.9. The normalized spacial score (nSPS) is 19.3. The number of nitrogens with zero attached hydrogens (tertiary/aromatic N) is 1. The maximum atomic E-state index is 11.9. The average Bonchev–Trinajstić information content (AvgIpc) is 2.76. The Bertz CT molecular complexity index is 414. The summed E-state index contributed by atoms with van der Waals surface area (Å²) in [6.45, 7) is 5.32. The van der Waals surface area contributed by atoms with Gasteiger partial charge in [0.05, 0.1) is 6.10 Å². The quantitative estimate of drug-likeness (QED) is 0.844. The van der Waals surface area contributed by atoms with Gasteiger partial charge in [-0.15, -0.1) is 0 Å². The second kappa shape index (κ2) is 5.40. The van der Waals surface area contributed by atoms with E-state index in [2.05, 4.69) is 19.2 Å². The van der Waals surface area contributed by atoms with Crippen LogP contribution in [0, 0.1) is 0 Å². The molecule has 18 heavy (non-hydrogen) atoms. The Hall–Kier alpha value is -1.55. The number of anilines is 1. The lowest BCUT2D eigenvalue weighted by Crippen LogP contribution is -2.33. The molecule has 0 radical (unpaired) electrons. The van der Waals surface area contributed by atoms with E-state index >= 15 is 0 Å². The van der Waals surface area contributed by atoms with E-state index in [0.717, 1.165) is 5.69 Å². The molecule has 0 aromatic heterocycles. The summed E-state index contributed by atoms with van der Waals surface area (Å²) in [6, 6.07) is 7.75. The van der Waals surface area contributed by atoms with Crippen LogP contribution in [0.5, 0.6) is 0 Å². The predicted molar refractivity (Wildman–Crippen MR) is 71.7 cm³/mol. The molecule has 2 rings (SSSR count). The first-order chi connectivity index (χ1) is 8.56. The number of likely N-dealkylation sites (tertiary alicyclic amines) is 1. The second-order valence-corrected chi connectivity index (χ2v) is 5.10. The molecular weight excluding hydrogens is 228 g/mol. The van der Waals surface area contributed by atoms with Gasteiger partial charge in [0.1, 0.15) is 0 Å². The molecule has 1 saturated heterocycles. The number of carbonyl (C=O) groups excluding carboxylic acids is 1. The van der Waals surface area contributed by atoms with Crippen molar-refractivity contribution < 1.29 is 9.90 Å². The van der Waals surface area contributed by atoms with Crippen LogP contribution in [0.2, 0.25) is 0 Å². The Morgan fingerprint density at radius 2 is 2.06 bits per heavy atom. The number of benzene rings is 1. The smallest absolute Gasteiger partial charge is 0.321 e. The Balaban J connectivity index is 1.95. The lowest BCUT2D eigenvalue weighted by Gasteiger charge is -2.16. The van der Waals surface area contributed by atoms with E-state index in [1.807, 2.05) is 24.3 Å². The highest BCUT2D eigenvalue weighted by molar-refractivity contribution is 5.89. The van der Waals surface area contributed by atoms with Gasteiger partial charge < -0.3 is 15.3 Å². The van der Waals surface area contributed by atoms with Crippen LogP contribution in [0.4, 0.5) is 10.5 Å². The molecule has 1 heterocycles. The summed E-state index contributed by atoms with van der Waals surface area (Å²) in [5.74, 6) is 0.489. The van der Waals surface area contributed by atoms with Gasteiger partial charge in [0.15, 0.2) is 0 Å². The Morgan fingerprint density at radius 3 is 2.56 bits per heavy atom. The molecule has 1 fully saturated rings. The highest BCUT2D eigenvalue weighted by Gasteiger charge is 2.24. The van der Waals surface area contributed by atoms with Crippen molar-refractivity contribution in [2.45, 2.75) is 32.3 Å². The first kappa shape index (κ1) is 12.9. The number of carbonyl (C=O) groups is 1. The molecule has 1 atom stereocenters. The van der Waals surface area contributed by atoms with Gasteiger partial charge >= 0.3 is 6.03 Å². The molecule has 0 spiro atoms. The summed E-state index contributed by atoms with van der Waals surface area (Å²) in [4.78, 5) is 13.5. The van der Waals surface area contributed by atoms with E-state index < -0.39 is 0 Å². The largest absolute Gasteiger partial charge is 0.391 e. The van der Waals surface area contributed by atoms with Crippen LogP contribution in [0.15, 0.2) is 24.3 Å². The SMILES string of the molecule is CC(C)c1ccc(NC(=O)N2CC[C@@H](O)C2)cc1. The van der Waals surface area contributed by atoms with Gasteiger partial charge in [-0.2, -0.15) is 0 Å². The summed E-state index contributed by atoms with van der Waals surface area (Å²) in [5, 5.41) is 12.2. The van der Waals surface area contributed by atoms with Gasteiger partial charge in [-0.3, -0.25) is 0 Å². The number of aliphatic hydroxyl groups is 1. The van der Waals surface area contributed by atoms with Crippen LogP contribution in [-0.4, -0.2) is 35.2 Å². The van der Waals surface area contributed by atoms with Gasteiger partial charge in [-0.05, 0) is 30.0 Å². The highest BCUT2D eigenvalue weighted by Crippen LogP contribution is 2.18. The van der Waals surface area contributed by atoms with Crippen LogP contribution in [0.1, 0.15) is 31.7 Å². The zero-order chi connectivity index (χ0) is 13.1. The number of hydrogen-bond acceptors (Lipinski definition) is 2. The minimum atomic E-state index is -0.376. The highest BCUT2D eigenvalue weighted by atomic mass is 16.3. The number of β-amino-alcohol motifs (C(OH)–C–C–N with tert-alkyl or cyclic N) is 1. The van der Waals surface area contributed by atoms with Gasteiger partial charge in [-0.25, -0.2) is 4.79 Å². The fourth-order valence-electron chi connectivity index (χ4n) is 2.08.